The van der Waals surface area contributed by atoms with Crippen LogP contribution in [0, 0.1) is 0 Å². The molecule has 98 valence electrons. The van der Waals surface area contributed by atoms with E-state index in [1.807, 2.05) is 6.07 Å². The van der Waals surface area contributed by atoms with E-state index in [0.717, 1.165) is 10.0 Å². The highest BCUT2D eigenvalue weighted by atomic mass is 79.9. The van der Waals surface area contributed by atoms with E-state index < -0.39 is 5.97 Å². The summed E-state index contributed by atoms with van der Waals surface area (Å²) in [6.45, 7) is 0. The Labute approximate surface area is 123 Å². The Hall–Kier alpha value is -2.27. The molecule has 0 spiro atoms. The molecule has 1 aromatic carbocycles. The number of carbonyl (C=O) groups is 1. The molecule has 3 aromatic rings. The zero-order chi connectivity index (χ0) is 14.1. The Kier molecular flexibility index (Phi) is 3.20. The van der Waals surface area contributed by atoms with Crippen molar-refractivity contribution in [2.45, 2.75) is 0 Å². The second-order valence-corrected chi connectivity index (χ2v) is 5.16. The third kappa shape index (κ3) is 2.28. The molecule has 0 amide bonds. The van der Waals surface area contributed by atoms with Gasteiger partial charge in [0.25, 0.3) is 0 Å². The fourth-order valence-electron chi connectivity index (χ4n) is 2.04. The van der Waals surface area contributed by atoms with E-state index in [1.165, 1.54) is 6.07 Å². The van der Waals surface area contributed by atoms with Gasteiger partial charge < -0.3 is 9.90 Å². The highest BCUT2D eigenvalue weighted by Gasteiger charge is 2.08. The predicted octanol–water partition coefficient (Wildman–Crippen LogP) is 2.42. The predicted molar refractivity (Wildman–Crippen MR) is 77.0 cm³/mol. The van der Waals surface area contributed by atoms with Crippen molar-refractivity contribution in [3.63, 3.8) is 0 Å². The maximum absolute atomic E-state index is 11.3. The molecule has 5 heteroatoms. The topological polar surface area (TPSA) is 65.9 Å². The minimum absolute atomic E-state index is 0.128. The van der Waals surface area contributed by atoms with Crippen molar-refractivity contribution in [3.05, 3.63) is 58.8 Å². The molecule has 0 radical (unpaired) electrons. The number of hydrogen-bond acceptors (Lipinski definition) is 4. The Morgan fingerprint density at radius 3 is 2.55 bits per heavy atom. The van der Waals surface area contributed by atoms with Gasteiger partial charge in [-0.2, -0.15) is 0 Å². The normalized spacial score (nSPS) is 10.7. The maximum Gasteiger partial charge on any atom is 0.0722 e. The van der Waals surface area contributed by atoms with Crippen LogP contribution in [0.4, 0.5) is 0 Å². The summed E-state index contributed by atoms with van der Waals surface area (Å²) in [4.78, 5) is 19.8. The number of carboxylic acid groups (broad SMARTS) is 1. The van der Waals surface area contributed by atoms with Crippen LogP contribution in [0.5, 0.6) is 0 Å². The number of aromatic carboxylic acids is 1. The van der Waals surface area contributed by atoms with E-state index >= 15 is 0 Å². The second kappa shape index (κ2) is 5.02. The number of carboxylic acids is 1. The van der Waals surface area contributed by atoms with Crippen LogP contribution in [0.15, 0.2) is 53.3 Å². The number of fused-ring (bicyclic) bond motifs is 1. The van der Waals surface area contributed by atoms with E-state index in [2.05, 4.69) is 25.9 Å². The van der Waals surface area contributed by atoms with Crippen molar-refractivity contribution in [2.24, 2.45) is 0 Å². The van der Waals surface area contributed by atoms with Crippen LogP contribution in [-0.4, -0.2) is 15.9 Å². The molecule has 0 saturated carbocycles. The fourth-order valence-corrected chi connectivity index (χ4v) is 2.40. The van der Waals surface area contributed by atoms with Crippen molar-refractivity contribution >= 4 is 32.8 Å². The second-order valence-electron chi connectivity index (χ2n) is 4.24. The molecule has 0 unspecified atom stereocenters. The van der Waals surface area contributed by atoms with Gasteiger partial charge in [-0.05, 0) is 36.4 Å². The Bertz CT molecular complexity index is 804. The van der Waals surface area contributed by atoms with Crippen molar-refractivity contribution in [1.82, 2.24) is 9.97 Å². The van der Waals surface area contributed by atoms with Gasteiger partial charge in [0.15, 0.2) is 0 Å². The first kappa shape index (κ1) is 12.7. The molecule has 0 aliphatic carbocycles. The molecule has 0 N–H and O–H groups in total. The number of halogens is 1. The molecule has 0 atom stereocenters. The first-order chi connectivity index (χ1) is 9.65. The molecule has 3 rings (SSSR count). The lowest BCUT2D eigenvalue weighted by atomic mass is 10.0. The minimum atomic E-state index is -1.22. The fraction of sp³-hybridized carbons (Fsp3) is 0. The standard InChI is InChI=1S/C15H9BrN2O2/c16-10-1-2-13-11(7-10)12(15(19)20)8-14(18-13)9-3-5-17-6-4-9/h1-8H,(H,19,20)/p-1. The lowest BCUT2D eigenvalue weighted by Crippen LogP contribution is -2.22. The van der Waals surface area contributed by atoms with E-state index in [0.29, 0.717) is 16.6 Å². The number of aromatic nitrogens is 2. The molecule has 2 aromatic heterocycles. The van der Waals surface area contributed by atoms with E-state index in [-0.39, 0.29) is 5.56 Å². The van der Waals surface area contributed by atoms with E-state index in [9.17, 15) is 9.90 Å². The summed E-state index contributed by atoms with van der Waals surface area (Å²) in [5.41, 5.74) is 2.14. The minimum Gasteiger partial charge on any atom is -0.545 e. The zero-order valence-electron chi connectivity index (χ0n) is 10.2. The number of nitrogens with zero attached hydrogens (tertiary/aromatic N) is 2. The van der Waals surface area contributed by atoms with Crippen molar-refractivity contribution in [3.8, 4) is 11.3 Å². The first-order valence-corrected chi connectivity index (χ1v) is 6.66. The average Bonchev–Trinajstić information content (AvgIpc) is 2.47. The summed E-state index contributed by atoms with van der Waals surface area (Å²) in [5.74, 6) is -1.22. The van der Waals surface area contributed by atoms with Crippen LogP contribution in [0.2, 0.25) is 0 Å². The summed E-state index contributed by atoms with van der Waals surface area (Å²) in [7, 11) is 0. The molecule has 0 bridgehead atoms. The number of carbonyl (C=O) groups excluding carboxylic acids is 1. The quantitative estimate of drug-likeness (QED) is 0.725. The van der Waals surface area contributed by atoms with Gasteiger partial charge in [0.1, 0.15) is 0 Å². The highest BCUT2D eigenvalue weighted by molar-refractivity contribution is 9.10. The van der Waals surface area contributed by atoms with Crippen LogP contribution in [0.25, 0.3) is 22.2 Å². The van der Waals surface area contributed by atoms with Gasteiger partial charge >= 0.3 is 0 Å². The smallest absolute Gasteiger partial charge is 0.0722 e. The summed E-state index contributed by atoms with van der Waals surface area (Å²) >= 11 is 3.33. The molecular formula is C15H8BrN2O2-. The van der Waals surface area contributed by atoms with Gasteiger partial charge in [0.05, 0.1) is 17.2 Å². The number of benzene rings is 1. The van der Waals surface area contributed by atoms with Gasteiger partial charge in [-0.25, -0.2) is 4.98 Å². The summed E-state index contributed by atoms with van der Waals surface area (Å²) in [6, 6.07) is 10.4. The van der Waals surface area contributed by atoms with E-state index in [4.69, 9.17) is 0 Å². The number of rotatable bonds is 2. The molecule has 4 nitrogen and oxygen atoms in total. The van der Waals surface area contributed by atoms with Crippen molar-refractivity contribution in [2.75, 3.05) is 0 Å². The first-order valence-electron chi connectivity index (χ1n) is 5.87. The lowest BCUT2D eigenvalue weighted by Gasteiger charge is -2.10. The monoisotopic (exact) mass is 327 g/mol. The van der Waals surface area contributed by atoms with Crippen LogP contribution in [0.3, 0.4) is 0 Å². The Morgan fingerprint density at radius 2 is 1.85 bits per heavy atom. The Morgan fingerprint density at radius 1 is 1.10 bits per heavy atom. The van der Waals surface area contributed by atoms with E-state index in [1.54, 1.807) is 36.7 Å². The maximum atomic E-state index is 11.3. The molecule has 0 fully saturated rings. The molecule has 2 heterocycles. The van der Waals surface area contributed by atoms with Crippen molar-refractivity contribution in [1.29, 1.82) is 0 Å². The molecule has 0 aliphatic heterocycles. The number of hydrogen-bond donors (Lipinski definition) is 0. The van der Waals surface area contributed by atoms with Gasteiger partial charge in [-0.3, -0.25) is 4.98 Å². The van der Waals surface area contributed by atoms with Gasteiger partial charge in [0.2, 0.25) is 0 Å². The third-order valence-corrected chi connectivity index (χ3v) is 3.46. The average molecular weight is 328 g/mol. The third-order valence-electron chi connectivity index (χ3n) is 2.97. The van der Waals surface area contributed by atoms with Gasteiger partial charge in [-0.15, -0.1) is 0 Å². The SMILES string of the molecule is O=C([O-])c1cc(-c2ccncc2)nc2ccc(Br)cc12. The molecule has 0 aliphatic rings. The largest absolute Gasteiger partial charge is 0.545 e. The Balaban J connectivity index is 2.32. The molecule has 20 heavy (non-hydrogen) atoms. The van der Waals surface area contributed by atoms with Crippen molar-refractivity contribution < 1.29 is 9.90 Å². The van der Waals surface area contributed by atoms with Gasteiger partial charge in [-0.1, -0.05) is 15.9 Å². The molecule has 0 saturated heterocycles. The zero-order valence-corrected chi connectivity index (χ0v) is 11.8. The number of pyridine rings is 2. The van der Waals surface area contributed by atoms with Crippen LogP contribution >= 0.6 is 15.9 Å². The highest BCUT2D eigenvalue weighted by Crippen LogP contribution is 2.26. The van der Waals surface area contributed by atoms with Crippen LogP contribution < -0.4 is 5.11 Å². The molecular weight excluding hydrogens is 320 g/mol. The summed E-state index contributed by atoms with van der Waals surface area (Å²) in [6.07, 6.45) is 3.28. The lowest BCUT2D eigenvalue weighted by molar-refractivity contribution is -0.254. The van der Waals surface area contributed by atoms with Gasteiger partial charge in [0, 0.05) is 33.4 Å². The summed E-state index contributed by atoms with van der Waals surface area (Å²) < 4.78 is 0.797. The van der Waals surface area contributed by atoms with Crippen LogP contribution in [0.1, 0.15) is 10.4 Å². The van der Waals surface area contributed by atoms with Crippen LogP contribution in [-0.2, 0) is 0 Å². The summed E-state index contributed by atoms with van der Waals surface area (Å²) in [5, 5.41) is 11.9.